The van der Waals surface area contributed by atoms with Gasteiger partial charge in [0.1, 0.15) is 0 Å². The monoisotopic (exact) mass is 139 g/mol. The second-order valence-electron chi connectivity index (χ2n) is 2.01. The molecule has 10 heavy (non-hydrogen) atoms. The molecule has 0 fully saturated rings. The van der Waals surface area contributed by atoms with Crippen molar-refractivity contribution in [1.82, 2.24) is 0 Å². The smallest absolute Gasteiger partial charge is 0.0856 e. The van der Waals surface area contributed by atoms with Crippen LogP contribution in [0.4, 0.5) is 0 Å². The average Bonchev–Trinajstić information content (AvgIpc) is 1.87. The first-order valence-corrected chi connectivity index (χ1v) is 2.96. The van der Waals surface area contributed by atoms with Crippen molar-refractivity contribution in [3.8, 4) is 0 Å². The van der Waals surface area contributed by atoms with Gasteiger partial charge < -0.3 is 11.5 Å². The molecule has 0 aliphatic carbocycles. The van der Waals surface area contributed by atoms with E-state index in [1.54, 1.807) is 0 Å². The Morgan fingerprint density at radius 2 is 2.00 bits per heavy atom. The van der Waals surface area contributed by atoms with Gasteiger partial charge in [-0.25, -0.2) is 4.99 Å². The van der Waals surface area contributed by atoms with E-state index in [1.165, 1.54) is 6.34 Å². The fourth-order valence-electron chi connectivity index (χ4n) is 0.441. The number of nitrogens with two attached hydrogens (primary N) is 2. The van der Waals surface area contributed by atoms with Gasteiger partial charge in [-0.3, -0.25) is 0 Å². The summed E-state index contributed by atoms with van der Waals surface area (Å²) >= 11 is 0. The van der Waals surface area contributed by atoms with Gasteiger partial charge in [0.05, 0.1) is 6.34 Å². The van der Waals surface area contributed by atoms with E-state index in [4.69, 9.17) is 11.5 Å². The SMILES string of the molecule is C=C(N)/C(C)=C(\C)N=CN. The second-order valence-corrected chi connectivity index (χ2v) is 2.01. The molecule has 4 N–H and O–H groups in total. The predicted octanol–water partition coefficient (Wildman–Crippen LogP) is 0.740. The first kappa shape index (κ1) is 8.75. The molecular formula is C7H13N3. The molecular weight excluding hydrogens is 126 g/mol. The van der Waals surface area contributed by atoms with E-state index in [9.17, 15) is 0 Å². The van der Waals surface area contributed by atoms with Crippen molar-refractivity contribution in [3.05, 3.63) is 23.5 Å². The summed E-state index contributed by atoms with van der Waals surface area (Å²) in [6.45, 7) is 7.25. The molecule has 0 saturated heterocycles. The van der Waals surface area contributed by atoms with Crippen LogP contribution in [0.2, 0.25) is 0 Å². The fraction of sp³-hybridized carbons (Fsp3) is 0.286. The van der Waals surface area contributed by atoms with Gasteiger partial charge in [0.15, 0.2) is 0 Å². The molecule has 3 nitrogen and oxygen atoms in total. The molecule has 0 atom stereocenters. The topological polar surface area (TPSA) is 64.4 Å². The zero-order valence-electron chi connectivity index (χ0n) is 6.39. The maximum Gasteiger partial charge on any atom is 0.0856 e. The first-order valence-electron chi connectivity index (χ1n) is 2.96. The summed E-state index contributed by atoms with van der Waals surface area (Å²) in [5, 5.41) is 0. The Hall–Kier alpha value is -1.25. The van der Waals surface area contributed by atoms with E-state index in [1.807, 2.05) is 13.8 Å². The number of hydrogen-bond donors (Lipinski definition) is 2. The van der Waals surface area contributed by atoms with E-state index in [0.717, 1.165) is 11.3 Å². The van der Waals surface area contributed by atoms with Crippen LogP contribution >= 0.6 is 0 Å². The Labute approximate surface area is 61.1 Å². The highest BCUT2D eigenvalue weighted by Gasteiger charge is 1.93. The predicted molar refractivity (Wildman–Crippen MR) is 44.4 cm³/mol. The Balaban J connectivity index is 4.50. The highest BCUT2D eigenvalue weighted by molar-refractivity contribution is 5.54. The maximum atomic E-state index is 5.40. The highest BCUT2D eigenvalue weighted by atomic mass is 14.8. The molecule has 3 heteroatoms. The minimum atomic E-state index is 0.531. The van der Waals surface area contributed by atoms with Crippen molar-refractivity contribution in [2.45, 2.75) is 13.8 Å². The Kier molecular flexibility index (Phi) is 3.25. The number of hydrogen-bond acceptors (Lipinski definition) is 2. The van der Waals surface area contributed by atoms with Crippen LogP contribution in [0, 0.1) is 0 Å². The molecule has 0 saturated carbocycles. The highest BCUT2D eigenvalue weighted by Crippen LogP contribution is 2.07. The van der Waals surface area contributed by atoms with Crippen molar-refractivity contribution in [1.29, 1.82) is 0 Å². The van der Waals surface area contributed by atoms with Crippen molar-refractivity contribution in [3.63, 3.8) is 0 Å². The molecule has 0 aromatic heterocycles. The minimum absolute atomic E-state index is 0.531. The van der Waals surface area contributed by atoms with Gasteiger partial charge in [0, 0.05) is 11.4 Å². The lowest BCUT2D eigenvalue weighted by atomic mass is 10.2. The summed E-state index contributed by atoms with van der Waals surface area (Å²) in [6.07, 6.45) is 1.24. The molecule has 0 aromatic carbocycles. The Morgan fingerprint density at radius 1 is 1.50 bits per heavy atom. The molecule has 0 aliphatic heterocycles. The third-order valence-corrected chi connectivity index (χ3v) is 1.29. The van der Waals surface area contributed by atoms with Crippen LogP contribution in [0.25, 0.3) is 0 Å². The van der Waals surface area contributed by atoms with Gasteiger partial charge in [0.25, 0.3) is 0 Å². The number of allylic oxidation sites excluding steroid dienone is 2. The number of nitrogens with zero attached hydrogens (tertiary/aromatic N) is 1. The fourth-order valence-corrected chi connectivity index (χ4v) is 0.441. The molecule has 0 spiro atoms. The maximum absolute atomic E-state index is 5.40. The average molecular weight is 139 g/mol. The summed E-state index contributed by atoms with van der Waals surface area (Å²) < 4.78 is 0. The minimum Gasteiger partial charge on any atom is -0.399 e. The zero-order valence-corrected chi connectivity index (χ0v) is 6.39. The summed E-state index contributed by atoms with van der Waals surface area (Å²) in [5.41, 5.74) is 12.7. The molecule has 0 amide bonds. The number of rotatable bonds is 2. The van der Waals surface area contributed by atoms with Crippen molar-refractivity contribution < 1.29 is 0 Å². The van der Waals surface area contributed by atoms with Crippen LogP contribution < -0.4 is 11.5 Å². The quantitative estimate of drug-likeness (QED) is 0.336. The van der Waals surface area contributed by atoms with Gasteiger partial charge in [-0.1, -0.05) is 6.58 Å². The molecule has 0 aliphatic rings. The van der Waals surface area contributed by atoms with Crippen LogP contribution in [-0.2, 0) is 0 Å². The molecule has 0 radical (unpaired) electrons. The van der Waals surface area contributed by atoms with Crippen LogP contribution in [0.3, 0.4) is 0 Å². The molecule has 0 aromatic rings. The molecule has 0 bridgehead atoms. The van der Waals surface area contributed by atoms with E-state index >= 15 is 0 Å². The molecule has 56 valence electrons. The lowest BCUT2D eigenvalue weighted by Gasteiger charge is -2.00. The lowest BCUT2D eigenvalue weighted by molar-refractivity contribution is 1.18. The Bertz CT molecular complexity index is 189. The van der Waals surface area contributed by atoms with Crippen molar-refractivity contribution in [2.75, 3.05) is 0 Å². The van der Waals surface area contributed by atoms with E-state index < -0.39 is 0 Å². The van der Waals surface area contributed by atoms with Gasteiger partial charge in [-0.2, -0.15) is 0 Å². The molecule has 0 rings (SSSR count). The van der Waals surface area contributed by atoms with E-state index in [2.05, 4.69) is 11.6 Å². The van der Waals surface area contributed by atoms with Crippen LogP contribution in [0.15, 0.2) is 28.5 Å². The van der Waals surface area contributed by atoms with E-state index in [-0.39, 0.29) is 0 Å². The van der Waals surface area contributed by atoms with Crippen molar-refractivity contribution in [2.24, 2.45) is 16.5 Å². The zero-order chi connectivity index (χ0) is 8.15. The van der Waals surface area contributed by atoms with Gasteiger partial charge >= 0.3 is 0 Å². The molecule has 0 unspecified atom stereocenters. The van der Waals surface area contributed by atoms with Crippen LogP contribution in [0.1, 0.15) is 13.8 Å². The largest absolute Gasteiger partial charge is 0.399 e. The number of aliphatic imine (C=N–C) groups is 1. The standard InChI is InChI=1S/C7H13N3/c1-5(6(2)9)7(3)10-4-8/h4H,2,9H2,1,3H3,(H2,8,10)/b7-5+. The van der Waals surface area contributed by atoms with E-state index in [0.29, 0.717) is 5.70 Å². The van der Waals surface area contributed by atoms with Crippen LogP contribution in [0.5, 0.6) is 0 Å². The Morgan fingerprint density at radius 3 is 2.30 bits per heavy atom. The van der Waals surface area contributed by atoms with Gasteiger partial charge in [-0.15, -0.1) is 0 Å². The first-order chi connectivity index (χ1) is 4.59. The van der Waals surface area contributed by atoms with Crippen LogP contribution in [-0.4, -0.2) is 6.34 Å². The van der Waals surface area contributed by atoms with Gasteiger partial charge in [-0.05, 0) is 19.4 Å². The summed E-state index contributed by atoms with van der Waals surface area (Å²) in [6, 6.07) is 0. The normalized spacial score (nSPS) is 13.4. The lowest BCUT2D eigenvalue weighted by Crippen LogP contribution is -1.98. The van der Waals surface area contributed by atoms with Crippen molar-refractivity contribution >= 4 is 6.34 Å². The summed E-state index contributed by atoms with van der Waals surface area (Å²) in [4.78, 5) is 3.84. The van der Waals surface area contributed by atoms with Gasteiger partial charge in [0.2, 0.25) is 0 Å². The third-order valence-electron chi connectivity index (χ3n) is 1.29. The third kappa shape index (κ3) is 2.35. The summed E-state index contributed by atoms with van der Waals surface area (Å²) in [7, 11) is 0. The summed E-state index contributed by atoms with van der Waals surface area (Å²) in [5.74, 6) is 0. The second kappa shape index (κ2) is 3.71. The molecule has 0 heterocycles.